The fourth-order valence-corrected chi connectivity index (χ4v) is 1.31. The van der Waals surface area contributed by atoms with Gasteiger partial charge in [0.15, 0.2) is 0 Å². The Labute approximate surface area is 98.2 Å². The number of nitrogens with zero attached hydrogens (tertiary/aromatic N) is 1. The summed E-state index contributed by atoms with van der Waals surface area (Å²) in [6, 6.07) is -0.761. The van der Waals surface area contributed by atoms with Crippen LogP contribution in [0.1, 0.15) is 12.1 Å². The number of hydrogen-bond donors (Lipinski definition) is 3. The van der Waals surface area contributed by atoms with Crippen LogP contribution in [-0.4, -0.2) is 46.7 Å². The van der Waals surface area contributed by atoms with E-state index in [0.29, 0.717) is 5.69 Å². The minimum atomic E-state index is -0.974. The molecule has 0 aliphatic heterocycles. The van der Waals surface area contributed by atoms with Crippen molar-refractivity contribution >= 4 is 11.9 Å². The molecule has 0 saturated heterocycles. The number of esters is 1. The number of rotatable bonds is 7. The van der Waals surface area contributed by atoms with Gasteiger partial charge in [-0.05, 0) is 0 Å². The van der Waals surface area contributed by atoms with E-state index in [2.05, 4.69) is 20.0 Å². The van der Waals surface area contributed by atoms with Gasteiger partial charge in [0.1, 0.15) is 6.04 Å². The Morgan fingerprint density at radius 1 is 1.65 bits per heavy atom. The molecule has 1 heterocycles. The highest BCUT2D eigenvalue weighted by atomic mass is 16.5. The maximum Gasteiger partial charge on any atom is 0.321 e. The van der Waals surface area contributed by atoms with Crippen LogP contribution in [0.15, 0.2) is 12.5 Å². The largest absolute Gasteiger partial charge is 0.480 e. The number of nitrogens with one attached hydrogen (secondary N) is 2. The highest BCUT2D eigenvalue weighted by molar-refractivity contribution is 5.74. The number of carbonyl (C=O) groups excluding carboxylic acids is 1. The third kappa shape index (κ3) is 4.64. The van der Waals surface area contributed by atoms with E-state index in [1.165, 1.54) is 13.4 Å². The Hall–Kier alpha value is -1.89. The number of aliphatic carboxylic acids is 1. The molecule has 17 heavy (non-hydrogen) atoms. The number of carbonyl (C=O) groups is 2. The fourth-order valence-electron chi connectivity index (χ4n) is 1.31. The lowest BCUT2D eigenvalue weighted by Gasteiger charge is -2.12. The number of carboxylic acid groups (broad SMARTS) is 1. The van der Waals surface area contributed by atoms with Crippen LogP contribution in [0.5, 0.6) is 0 Å². The molecule has 7 nitrogen and oxygen atoms in total. The second kappa shape index (κ2) is 6.64. The van der Waals surface area contributed by atoms with Crippen LogP contribution < -0.4 is 5.32 Å². The lowest BCUT2D eigenvalue weighted by Crippen LogP contribution is -2.39. The van der Waals surface area contributed by atoms with Crippen molar-refractivity contribution in [2.24, 2.45) is 0 Å². The third-order valence-electron chi connectivity index (χ3n) is 2.21. The molecule has 1 aromatic heterocycles. The van der Waals surface area contributed by atoms with E-state index in [-0.39, 0.29) is 25.4 Å². The smallest absolute Gasteiger partial charge is 0.321 e. The zero-order valence-electron chi connectivity index (χ0n) is 9.47. The second-order valence-electron chi connectivity index (χ2n) is 3.44. The van der Waals surface area contributed by atoms with Gasteiger partial charge in [-0.1, -0.05) is 0 Å². The molecule has 0 aliphatic rings. The molecule has 1 aromatic rings. The maximum absolute atomic E-state index is 11.0. The average Bonchev–Trinajstić information content (AvgIpc) is 2.80. The molecule has 0 radical (unpaired) electrons. The summed E-state index contributed by atoms with van der Waals surface area (Å²) < 4.78 is 4.45. The van der Waals surface area contributed by atoms with E-state index in [4.69, 9.17) is 5.11 Å². The van der Waals surface area contributed by atoms with Crippen LogP contribution in [0.2, 0.25) is 0 Å². The van der Waals surface area contributed by atoms with Crippen molar-refractivity contribution in [1.29, 1.82) is 0 Å². The number of hydrogen-bond acceptors (Lipinski definition) is 5. The lowest BCUT2D eigenvalue weighted by atomic mass is 10.1. The summed E-state index contributed by atoms with van der Waals surface area (Å²) in [5, 5.41) is 11.7. The van der Waals surface area contributed by atoms with E-state index in [0.717, 1.165) is 0 Å². The topological polar surface area (TPSA) is 104 Å². The van der Waals surface area contributed by atoms with Gasteiger partial charge in [0, 0.05) is 19.2 Å². The van der Waals surface area contributed by atoms with Gasteiger partial charge in [0.2, 0.25) is 0 Å². The van der Waals surface area contributed by atoms with E-state index < -0.39 is 12.0 Å². The normalized spacial score (nSPS) is 12.1. The Morgan fingerprint density at radius 3 is 2.94 bits per heavy atom. The molecule has 1 atom stereocenters. The van der Waals surface area contributed by atoms with Crippen LogP contribution in [-0.2, 0) is 20.7 Å². The van der Waals surface area contributed by atoms with E-state index in [1.54, 1.807) is 6.20 Å². The van der Waals surface area contributed by atoms with Crippen molar-refractivity contribution in [2.75, 3.05) is 13.7 Å². The van der Waals surface area contributed by atoms with E-state index in [9.17, 15) is 9.59 Å². The van der Waals surface area contributed by atoms with Gasteiger partial charge in [0.25, 0.3) is 0 Å². The highest BCUT2D eigenvalue weighted by Crippen LogP contribution is 1.99. The quantitative estimate of drug-likeness (QED) is 0.559. The zero-order valence-corrected chi connectivity index (χ0v) is 9.47. The number of methoxy groups -OCH3 is 1. The standard InChI is InChI=1S/C10H15N3O4/c1-17-9(14)2-3-12-8(10(15)16)4-7-5-11-6-13-7/h5-6,8,12H,2-4H2,1H3,(H,11,13)(H,15,16)/t8-/m0/s1. The molecule has 0 aromatic carbocycles. The molecule has 3 N–H and O–H groups in total. The fraction of sp³-hybridized carbons (Fsp3) is 0.500. The predicted octanol–water partition coefficient (Wildman–Crippen LogP) is -0.442. The van der Waals surface area contributed by atoms with Crippen molar-refractivity contribution in [3.63, 3.8) is 0 Å². The molecular weight excluding hydrogens is 226 g/mol. The summed E-state index contributed by atoms with van der Waals surface area (Å²) in [6.07, 6.45) is 3.53. The molecule has 0 saturated carbocycles. The number of carboxylic acids is 1. The molecule has 0 spiro atoms. The number of H-pyrrole nitrogens is 1. The van der Waals surface area contributed by atoms with Crippen molar-refractivity contribution in [2.45, 2.75) is 18.9 Å². The monoisotopic (exact) mass is 241 g/mol. The molecule has 94 valence electrons. The Morgan fingerprint density at radius 2 is 2.41 bits per heavy atom. The maximum atomic E-state index is 11.0. The Balaban J connectivity index is 2.39. The van der Waals surface area contributed by atoms with Crippen LogP contribution in [0, 0.1) is 0 Å². The first-order valence-corrected chi connectivity index (χ1v) is 5.14. The van der Waals surface area contributed by atoms with Gasteiger partial charge >= 0.3 is 11.9 Å². The van der Waals surface area contributed by atoms with Gasteiger partial charge in [-0.25, -0.2) is 4.98 Å². The highest BCUT2D eigenvalue weighted by Gasteiger charge is 2.18. The Kier molecular flexibility index (Phi) is 5.15. The molecule has 0 bridgehead atoms. The summed E-state index contributed by atoms with van der Waals surface area (Å²) in [6.45, 7) is 0.258. The van der Waals surface area contributed by atoms with Gasteiger partial charge < -0.3 is 20.1 Å². The van der Waals surface area contributed by atoms with Crippen molar-refractivity contribution in [3.8, 4) is 0 Å². The molecule has 1 rings (SSSR count). The van der Waals surface area contributed by atoms with Crippen molar-refractivity contribution in [1.82, 2.24) is 15.3 Å². The van der Waals surface area contributed by atoms with E-state index >= 15 is 0 Å². The molecule has 0 aliphatic carbocycles. The minimum absolute atomic E-state index is 0.140. The molecule has 7 heteroatoms. The van der Waals surface area contributed by atoms with Crippen LogP contribution >= 0.6 is 0 Å². The third-order valence-corrected chi connectivity index (χ3v) is 2.21. The first kappa shape index (κ1) is 13.2. The van der Waals surface area contributed by atoms with Crippen LogP contribution in [0.4, 0.5) is 0 Å². The summed E-state index contributed by atoms with van der Waals surface area (Å²) in [5.74, 6) is -1.35. The first-order valence-electron chi connectivity index (χ1n) is 5.14. The minimum Gasteiger partial charge on any atom is -0.480 e. The SMILES string of the molecule is COC(=O)CCN[C@@H](Cc1c[nH]cn1)C(=O)O. The predicted molar refractivity (Wildman–Crippen MR) is 58.4 cm³/mol. The van der Waals surface area contributed by atoms with Gasteiger partial charge in [-0.3, -0.25) is 9.59 Å². The number of ether oxygens (including phenoxy) is 1. The lowest BCUT2D eigenvalue weighted by molar-refractivity contribution is -0.142. The summed E-state index contributed by atoms with van der Waals surface area (Å²) in [5.41, 5.74) is 0.656. The summed E-state index contributed by atoms with van der Waals surface area (Å²) >= 11 is 0. The first-order chi connectivity index (χ1) is 8.13. The van der Waals surface area contributed by atoms with Gasteiger partial charge in [0.05, 0.1) is 25.6 Å². The van der Waals surface area contributed by atoms with Crippen molar-refractivity contribution < 1.29 is 19.4 Å². The number of aromatic nitrogens is 2. The number of imidazole rings is 1. The molecule has 0 unspecified atom stereocenters. The zero-order chi connectivity index (χ0) is 12.7. The van der Waals surface area contributed by atoms with Gasteiger partial charge in [-0.15, -0.1) is 0 Å². The molecule has 0 amide bonds. The summed E-state index contributed by atoms with van der Waals surface area (Å²) in [4.78, 5) is 28.5. The number of aromatic amines is 1. The summed E-state index contributed by atoms with van der Waals surface area (Å²) in [7, 11) is 1.29. The van der Waals surface area contributed by atoms with E-state index in [1.807, 2.05) is 0 Å². The average molecular weight is 241 g/mol. The van der Waals surface area contributed by atoms with Crippen LogP contribution in [0.3, 0.4) is 0 Å². The van der Waals surface area contributed by atoms with Crippen molar-refractivity contribution in [3.05, 3.63) is 18.2 Å². The second-order valence-corrected chi connectivity index (χ2v) is 3.44. The van der Waals surface area contributed by atoms with Gasteiger partial charge in [-0.2, -0.15) is 0 Å². The molecule has 0 fully saturated rings. The van der Waals surface area contributed by atoms with Crippen LogP contribution in [0.25, 0.3) is 0 Å². The molecular formula is C10H15N3O4. The Bertz CT molecular complexity index is 364.